The lowest BCUT2D eigenvalue weighted by atomic mass is 9.83. The molecule has 29 heavy (non-hydrogen) atoms. The third-order valence-corrected chi connectivity index (χ3v) is 7.12. The molecule has 0 aromatic heterocycles. The van der Waals surface area contributed by atoms with Gasteiger partial charge < -0.3 is 4.90 Å². The van der Waals surface area contributed by atoms with E-state index in [-0.39, 0.29) is 42.7 Å². The van der Waals surface area contributed by atoms with E-state index in [1.807, 2.05) is 44.2 Å². The van der Waals surface area contributed by atoms with Crippen molar-refractivity contribution in [2.75, 3.05) is 26.2 Å². The molecule has 0 aliphatic carbocycles. The van der Waals surface area contributed by atoms with E-state index in [0.717, 1.165) is 11.6 Å². The molecule has 8 nitrogen and oxygen atoms in total. The molecular formula is C20H23N3O5S. The largest absolute Gasteiger partial charge is 0.339 e. The van der Waals surface area contributed by atoms with Crippen molar-refractivity contribution in [1.29, 1.82) is 0 Å². The molecule has 1 aliphatic rings. The third kappa shape index (κ3) is 4.15. The van der Waals surface area contributed by atoms with Crippen molar-refractivity contribution in [3.05, 3.63) is 70.3 Å². The number of hydrogen-bond donors (Lipinski definition) is 0. The molecule has 0 unspecified atom stereocenters. The molecule has 154 valence electrons. The quantitative estimate of drug-likeness (QED) is 0.549. The standard InChI is InChI=1S/C20H23N3O5S/c1-20(2,16-7-4-3-5-8-16)19(24)21-11-13-22(14-12-21)29(27,28)18-10-6-9-17(15-18)23(25)26/h3-10,15H,11-14H2,1-2H3. The number of sulfonamides is 1. The summed E-state index contributed by atoms with van der Waals surface area (Å²) in [4.78, 5) is 24.9. The van der Waals surface area contributed by atoms with Crippen LogP contribution in [0.25, 0.3) is 0 Å². The van der Waals surface area contributed by atoms with Crippen LogP contribution < -0.4 is 0 Å². The summed E-state index contributed by atoms with van der Waals surface area (Å²) < 4.78 is 27.0. The van der Waals surface area contributed by atoms with Crippen molar-refractivity contribution >= 4 is 21.6 Å². The van der Waals surface area contributed by atoms with Crippen molar-refractivity contribution < 1.29 is 18.1 Å². The highest BCUT2D eigenvalue weighted by atomic mass is 32.2. The number of carbonyl (C=O) groups excluding carboxylic acids is 1. The molecule has 2 aromatic rings. The van der Waals surface area contributed by atoms with Gasteiger partial charge in [0.25, 0.3) is 5.69 Å². The first-order valence-corrected chi connectivity index (χ1v) is 10.7. The maximum absolute atomic E-state index is 13.0. The van der Waals surface area contributed by atoms with Crippen molar-refractivity contribution in [2.45, 2.75) is 24.2 Å². The fourth-order valence-electron chi connectivity index (χ4n) is 3.41. The summed E-state index contributed by atoms with van der Waals surface area (Å²) in [6.45, 7) is 4.53. The van der Waals surface area contributed by atoms with E-state index in [9.17, 15) is 23.3 Å². The van der Waals surface area contributed by atoms with Crippen LogP contribution in [0.15, 0.2) is 59.5 Å². The molecule has 1 fully saturated rings. The summed E-state index contributed by atoms with van der Waals surface area (Å²) in [5.41, 5.74) is -0.0938. The second kappa shape index (κ2) is 7.92. The monoisotopic (exact) mass is 417 g/mol. The zero-order valence-corrected chi connectivity index (χ0v) is 17.1. The second-order valence-electron chi connectivity index (χ2n) is 7.44. The molecule has 3 rings (SSSR count). The summed E-state index contributed by atoms with van der Waals surface area (Å²) >= 11 is 0. The second-order valence-corrected chi connectivity index (χ2v) is 9.38. The van der Waals surface area contributed by atoms with Crippen molar-refractivity contribution in [1.82, 2.24) is 9.21 Å². The molecule has 1 aliphatic heterocycles. The maximum Gasteiger partial charge on any atom is 0.270 e. The Kier molecular flexibility index (Phi) is 5.72. The number of piperazine rings is 1. The maximum atomic E-state index is 13.0. The predicted molar refractivity (Wildman–Crippen MR) is 108 cm³/mol. The summed E-state index contributed by atoms with van der Waals surface area (Å²) in [5, 5.41) is 10.9. The van der Waals surface area contributed by atoms with Crippen LogP contribution in [0.5, 0.6) is 0 Å². The molecule has 0 spiro atoms. The van der Waals surface area contributed by atoms with E-state index in [2.05, 4.69) is 0 Å². The van der Waals surface area contributed by atoms with Crippen molar-refractivity contribution in [3.63, 3.8) is 0 Å². The average Bonchev–Trinajstić information content (AvgIpc) is 2.74. The van der Waals surface area contributed by atoms with E-state index in [1.54, 1.807) is 4.90 Å². The molecule has 0 radical (unpaired) electrons. The number of nitro groups is 1. The third-order valence-electron chi connectivity index (χ3n) is 5.22. The fraction of sp³-hybridized carbons (Fsp3) is 0.350. The van der Waals surface area contributed by atoms with Gasteiger partial charge in [0, 0.05) is 38.3 Å². The van der Waals surface area contributed by atoms with E-state index in [4.69, 9.17) is 0 Å². The van der Waals surface area contributed by atoms with E-state index >= 15 is 0 Å². The Morgan fingerprint density at radius 3 is 2.21 bits per heavy atom. The van der Waals surface area contributed by atoms with E-state index in [0.29, 0.717) is 0 Å². The lowest BCUT2D eigenvalue weighted by Gasteiger charge is -2.38. The number of hydrogen-bond acceptors (Lipinski definition) is 5. The Morgan fingerprint density at radius 2 is 1.62 bits per heavy atom. The van der Waals surface area contributed by atoms with Gasteiger partial charge in [0.15, 0.2) is 0 Å². The number of benzene rings is 2. The van der Waals surface area contributed by atoms with Crippen LogP contribution in [0.1, 0.15) is 19.4 Å². The van der Waals surface area contributed by atoms with Crippen LogP contribution in [0.4, 0.5) is 5.69 Å². The minimum atomic E-state index is -3.86. The SMILES string of the molecule is CC(C)(C(=O)N1CCN(S(=O)(=O)c2cccc([N+](=O)[O-])c2)CC1)c1ccccc1. The first-order valence-electron chi connectivity index (χ1n) is 9.23. The molecule has 9 heteroatoms. The van der Waals surface area contributed by atoms with Gasteiger partial charge in [-0.25, -0.2) is 8.42 Å². The lowest BCUT2D eigenvalue weighted by molar-refractivity contribution is -0.385. The minimum absolute atomic E-state index is 0.0592. The highest BCUT2D eigenvalue weighted by molar-refractivity contribution is 7.89. The number of nitrogens with zero attached hydrogens (tertiary/aromatic N) is 3. The first kappa shape index (κ1) is 20.9. The van der Waals surface area contributed by atoms with Crippen LogP contribution in [0.3, 0.4) is 0 Å². The number of carbonyl (C=O) groups is 1. The van der Waals surface area contributed by atoms with Crippen molar-refractivity contribution in [3.8, 4) is 0 Å². The molecule has 0 atom stereocenters. The van der Waals surface area contributed by atoms with Gasteiger partial charge in [-0.1, -0.05) is 36.4 Å². The molecular weight excluding hydrogens is 394 g/mol. The highest BCUT2D eigenvalue weighted by Crippen LogP contribution is 2.27. The smallest absolute Gasteiger partial charge is 0.270 e. The molecule has 1 amide bonds. The van der Waals surface area contributed by atoms with Crippen LogP contribution in [0.2, 0.25) is 0 Å². The zero-order chi connectivity index (χ0) is 21.2. The van der Waals surface area contributed by atoms with Crippen LogP contribution in [-0.4, -0.2) is 54.6 Å². The predicted octanol–water partition coefficient (Wildman–Crippen LogP) is 2.41. The average molecular weight is 417 g/mol. The van der Waals surface area contributed by atoms with Crippen LogP contribution in [-0.2, 0) is 20.2 Å². The molecule has 1 heterocycles. The topological polar surface area (TPSA) is 101 Å². The Labute approximate surface area is 169 Å². The van der Waals surface area contributed by atoms with Crippen molar-refractivity contribution in [2.24, 2.45) is 0 Å². The van der Waals surface area contributed by atoms with Gasteiger partial charge in [0.2, 0.25) is 15.9 Å². The fourth-order valence-corrected chi connectivity index (χ4v) is 4.87. The number of rotatable bonds is 5. The molecule has 1 saturated heterocycles. The summed E-state index contributed by atoms with van der Waals surface area (Å²) in [5.74, 6) is -0.0592. The number of non-ortho nitro benzene ring substituents is 1. The molecule has 0 bridgehead atoms. The Morgan fingerprint density at radius 1 is 1.00 bits per heavy atom. The summed E-state index contributed by atoms with van der Waals surface area (Å²) in [7, 11) is -3.86. The van der Waals surface area contributed by atoms with Gasteiger partial charge in [-0.2, -0.15) is 4.31 Å². The Bertz CT molecular complexity index is 1010. The normalized spacial score (nSPS) is 15.9. The van der Waals surface area contributed by atoms with E-state index < -0.39 is 20.4 Å². The number of amides is 1. The zero-order valence-electron chi connectivity index (χ0n) is 16.3. The minimum Gasteiger partial charge on any atom is -0.339 e. The summed E-state index contributed by atoms with van der Waals surface area (Å²) in [6.07, 6.45) is 0. The van der Waals surface area contributed by atoms with Crippen LogP contribution >= 0.6 is 0 Å². The van der Waals surface area contributed by atoms with Gasteiger partial charge in [0.1, 0.15) is 0 Å². The van der Waals surface area contributed by atoms with Gasteiger partial charge in [-0.15, -0.1) is 0 Å². The summed E-state index contributed by atoms with van der Waals surface area (Å²) in [6, 6.07) is 14.5. The first-order chi connectivity index (χ1) is 13.6. The van der Waals surface area contributed by atoms with Gasteiger partial charge in [-0.3, -0.25) is 14.9 Å². The number of nitro benzene ring substituents is 1. The lowest BCUT2D eigenvalue weighted by Crippen LogP contribution is -2.54. The van der Waals surface area contributed by atoms with Gasteiger partial charge >= 0.3 is 0 Å². The van der Waals surface area contributed by atoms with E-state index in [1.165, 1.54) is 22.5 Å². The molecule has 2 aromatic carbocycles. The Hall–Kier alpha value is -2.78. The highest BCUT2D eigenvalue weighted by Gasteiger charge is 2.37. The molecule has 0 N–H and O–H groups in total. The van der Waals surface area contributed by atoms with Crippen LogP contribution in [0, 0.1) is 10.1 Å². The van der Waals surface area contributed by atoms with Gasteiger partial charge in [-0.05, 0) is 25.5 Å². The molecule has 0 saturated carbocycles. The van der Waals surface area contributed by atoms with Gasteiger partial charge in [0.05, 0.1) is 15.2 Å². The Balaban J connectivity index is 1.72.